The number of nitrogens with one attached hydrogen (secondary N) is 3. The highest BCUT2D eigenvalue weighted by Gasteiger charge is 2.32. The molecule has 1 saturated carbocycles. The Labute approximate surface area is 162 Å². The van der Waals surface area contributed by atoms with Crippen LogP contribution in [0.4, 0.5) is 4.79 Å². The van der Waals surface area contributed by atoms with Gasteiger partial charge < -0.3 is 21.1 Å². The molecule has 26 heavy (non-hydrogen) atoms. The van der Waals surface area contributed by atoms with Gasteiger partial charge in [-0.3, -0.25) is 14.9 Å². The zero-order chi connectivity index (χ0) is 19.5. The van der Waals surface area contributed by atoms with Crippen LogP contribution in [0.5, 0.6) is 0 Å². The number of rotatable bonds is 7. The molecule has 3 amide bonds. The smallest absolute Gasteiger partial charge is 0.436 e. The summed E-state index contributed by atoms with van der Waals surface area (Å²) in [7, 11) is 1.64. The number of hydrogen-bond acceptors (Lipinski definition) is 5. The highest BCUT2D eigenvalue weighted by Crippen LogP contribution is 2.34. The van der Waals surface area contributed by atoms with E-state index in [0.717, 1.165) is 19.3 Å². The number of ether oxygens (including phenoxy) is 1. The van der Waals surface area contributed by atoms with Crippen molar-refractivity contribution in [2.45, 2.75) is 36.4 Å². The van der Waals surface area contributed by atoms with E-state index in [-0.39, 0.29) is 54.7 Å². The summed E-state index contributed by atoms with van der Waals surface area (Å²) in [5, 5.41) is 7.19. The Kier molecular flexibility index (Phi) is 10.3. The van der Waals surface area contributed by atoms with Gasteiger partial charge in [0.1, 0.15) is 6.61 Å². The second-order valence-electron chi connectivity index (χ2n) is 5.87. The number of carbonyl (C=O) groups is 3. The maximum atomic E-state index is 12.0. The van der Waals surface area contributed by atoms with Gasteiger partial charge in [-0.2, -0.15) is 0 Å². The normalized spacial score (nSPS) is 23.2. The van der Waals surface area contributed by atoms with E-state index >= 15 is 0 Å². The van der Waals surface area contributed by atoms with Crippen LogP contribution in [0.25, 0.3) is 0 Å². The van der Waals surface area contributed by atoms with E-state index in [1.165, 1.54) is 0 Å². The number of carbonyl (C=O) groups excluding carboxylic acids is 3. The minimum atomic E-state index is -0.964. The summed E-state index contributed by atoms with van der Waals surface area (Å²) < 4.78 is 4.77. The number of alkyl halides is 2. The Balaban J connectivity index is 2.31. The second-order valence-corrected chi connectivity index (χ2v) is 6.99. The predicted molar refractivity (Wildman–Crippen MR) is 99.3 cm³/mol. The molecule has 0 aromatic carbocycles. The van der Waals surface area contributed by atoms with E-state index in [1.807, 2.05) is 0 Å². The lowest BCUT2D eigenvalue weighted by atomic mass is 9.86. The van der Waals surface area contributed by atoms with Crippen molar-refractivity contribution >= 4 is 47.1 Å². The van der Waals surface area contributed by atoms with Gasteiger partial charge in [-0.25, -0.2) is 4.79 Å². The van der Waals surface area contributed by atoms with Gasteiger partial charge in [0.2, 0.25) is 17.8 Å². The first kappa shape index (κ1) is 22.5. The lowest BCUT2D eigenvalue weighted by molar-refractivity contribution is -0.121. The topological polar surface area (TPSA) is 135 Å². The number of likely N-dealkylation sites (N-methyl/N-ethyl adjacent to an activating group) is 1. The van der Waals surface area contributed by atoms with Crippen LogP contribution in [0.1, 0.15) is 25.7 Å². The van der Waals surface area contributed by atoms with Crippen molar-refractivity contribution in [2.24, 2.45) is 16.6 Å². The van der Waals surface area contributed by atoms with Gasteiger partial charge in [-0.1, -0.05) is 6.42 Å². The first-order chi connectivity index (χ1) is 12.3. The minimum Gasteiger partial charge on any atom is -0.446 e. The summed E-state index contributed by atoms with van der Waals surface area (Å²) in [5.74, 6) is -1.17. The van der Waals surface area contributed by atoms with Gasteiger partial charge in [0.05, 0.1) is 13.1 Å². The van der Waals surface area contributed by atoms with Gasteiger partial charge in [0.15, 0.2) is 0 Å². The summed E-state index contributed by atoms with van der Waals surface area (Å²) in [4.78, 5) is 38.1. The number of amides is 3. The van der Waals surface area contributed by atoms with Crippen LogP contribution in [-0.2, 0) is 14.3 Å². The maximum Gasteiger partial charge on any atom is 0.436 e. The highest BCUT2D eigenvalue weighted by molar-refractivity contribution is 6.24. The molecule has 1 aliphatic rings. The number of nitrogens with two attached hydrogens (primary N) is 1. The number of nitrogens with zero attached hydrogens (tertiary/aromatic N) is 1. The summed E-state index contributed by atoms with van der Waals surface area (Å²) in [6, 6.07) is 0. The maximum absolute atomic E-state index is 12.0. The van der Waals surface area contributed by atoms with Crippen LogP contribution in [0, 0.1) is 5.92 Å². The molecule has 9 nitrogen and oxygen atoms in total. The average molecular weight is 410 g/mol. The molecule has 1 fully saturated rings. The molecule has 2 unspecified atom stereocenters. The van der Waals surface area contributed by atoms with Gasteiger partial charge in [-0.05, 0) is 19.9 Å². The Morgan fingerprint density at radius 1 is 1.19 bits per heavy atom. The summed E-state index contributed by atoms with van der Waals surface area (Å²) in [5.41, 5.74) is 5.52. The van der Waals surface area contributed by atoms with Crippen molar-refractivity contribution in [3.63, 3.8) is 0 Å². The van der Waals surface area contributed by atoms with Crippen molar-refractivity contribution < 1.29 is 19.1 Å². The van der Waals surface area contributed by atoms with Crippen LogP contribution in [0.3, 0.4) is 0 Å². The Bertz CT molecular complexity index is 522. The molecule has 0 aromatic rings. The van der Waals surface area contributed by atoms with Gasteiger partial charge in [0.25, 0.3) is 0 Å². The van der Waals surface area contributed by atoms with E-state index in [2.05, 4.69) is 20.9 Å². The second kappa shape index (κ2) is 11.9. The molecule has 11 heteroatoms. The first-order valence-corrected chi connectivity index (χ1v) is 9.21. The fourth-order valence-electron chi connectivity index (χ4n) is 2.54. The molecule has 5 N–H and O–H groups in total. The third-order valence-corrected chi connectivity index (χ3v) is 4.86. The molecule has 0 radical (unpaired) electrons. The molecule has 0 heterocycles. The Morgan fingerprint density at radius 2 is 1.85 bits per heavy atom. The van der Waals surface area contributed by atoms with Gasteiger partial charge >= 0.3 is 6.09 Å². The highest BCUT2D eigenvalue weighted by atomic mass is 35.5. The number of hydrogen-bond donors (Lipinski definition) is 4. The summed E-state index contributed by atoms with van der Waals surface area (Å²) in [6.07, 6.45) is 1.69. The quantitative estimate of drug-likeness (QED) is 0.206. The number of guanidine groups is 1. The molecule has 0 saturated heterocycles. The fraction of sp³-hybridized carbons (Fsp3) is 0.733. The van der Waals surface area contributed by atoms with Crippen LogP contribution >= 0.6 is 23.2 Å². The van der Waals surface area contributed by atoms with Crippen molar-refractivity contribution in [2.75, 3.05) is 26.7 Å². The molecular formula is C15H25Cl2N5O4. The fourth-order valence-corrected chi connectivity index (χ4v) is 3.45. The van der Waals surface area contributed by atoms with E-state index in [9.17, 15) is 14.4 Å². The predicted octanol–water partition coefficient (Wildman–Crippen LogP) is 0.295. The third-order valence-electron chi connectivity index (χ3n) is 3.78. The third kappa shape index (κ3) is 8.68. The summed E-state index contributed by atoms with van der Waals surface area (Å²) >= 11 is 12.4. The molecule has 1 aliphatic carbocycles. The van der Waals surface area contributed by atoms with E-state index in [4.69, 9.17) is 33.7 Å². The Morgan fingerprint density at radius 3 is 2.46 bits per heavy atom. The molecule has 1 rings (SSSR count). The van der Waals surface area contributed by atoms with E-state index < -0.39 is 12.0 Å². The van der Waals surface area contributed by atoms with Crippen molar-refractivity contribution in [1.82, 2.24) is 16.0 Å². The van der Waals surface area contributed by atoms with E-state index in [1.54, 1.807) is 7.05 Å². The van der Waals surface area contributed by atoms with E-state index in [0.29, 0.717) is 0 Å². The SMILES string of the molecule is CNCC(=O)NCCOC(=O)N=C(N)NC(=O)CC1C(Cl)CCCC1Cl. The van der Waals surface area contributed by atoms with Crippen LogP contribution in [0.2, 0.25) is 0 Å². The minimum absolute atomic E-state index is 0.0665. The number of halogens is 2. The lowest BCUT2D eigenvalue weighted by Gasteiger charge is -2.30. The standard InChI is InChI=1S/C15H25Cl2N5O4/c1-19-8-13(24)20-5-6-26-15(25)22-14(18)21-12(23)7-9-10(16)3-2-4-11(9)17/h9-11,19H,2-8H2,1H3,(H,20,24)(H3,18,21,22,23,25). The average Bonchev–Trinajstić information content (AvgIpc) is 2.55. The molecule has 0 aromatic heterocycles. The summed E-state index contributed by atoms with van der Waals surface area (Å²) in [6.45, 7) is 0.241. The number of aliphatic imine (C=N–C) groups is 1. The van der Waals surface area contributed by atoms with Crippen LogP contribution < -0.4 is 21.7 Å². The van der Waals surface area contributed by atoms with Gasteiger partial charge in [0, 0.05) is 23.1 Å². The molecule has 0 aliphatic heterocycles. The van der Waals surface area contributed by atoms with Crippen molar-refractivity contribution in [3.8, 4) is 0 Å². The lowest BCUT2D eigenvalue weighted by Crippen LogP contribution is -2.41. The molecule has 0 bridgehead atoms. The van der Waals surface area contributed by atoms with Crippen molar-refractivity contribution in [3.05, 3.63) is 0 Å². The Hall–Kier alpha value is -1.58. The van der Waals surface area contributed by atoms with Gasteiger partial charge in [-0.15, -0.1) is 28.2 Å². The molecular weight excluding hydrogens is 385 g/mol. The zero-order valence-corrected chi connectivity index (χ0v) is 16.1. The monoisotopic (exact) mass is 409 g/mol. The zero-order valence-electron chi connectivity index (χ0n) is 14.6. The van der Waals surface area contributed by atoms with Crippen LogP contribution in [-0.4, -0.2) is 61.4 Å². The van der Waals surface area contributed by atoms with Crippen molar-refractivity contribution in [1.29, 1.82) is 0 Å². The molecule has 0 spiro atoms. The molecule has 2 atom stereocenters. The first-order valence-electron chi connectivity index (χ1n) is 8.33. The largest absolute Gasteiger partial charge is 0.446 e. The van der Waals surface area contributed by atoms with Crippen LogP contribution in [0.15, 0.2) is 4.99 Å². The molecule has 148 valence electrons.